The Labute approximate surface area is 178 Å². The first-order valence-electron chi connectivity index (χ1n) is 8.82. The van der Waals surface area contributed by atoms with Gasteiger partial charge in [0.2, 0.25) is 5.56 Å². The van der Waals surface area contributed by atoms with E-state index in [9.17, 15) is 18.4 Å². The van der Waals surface area contributed by atoms with E-state index in [-0.39, 0.29) is 22.8 Å². The lowest BCUT2D eigenvalue weighted by atomic mass is 10.1. The normalized spacial score (nSPS) is 11.1. The van der Waals surface area contributed by atoms with Crippen molar-refractivity contribution in [3.63, 3.8) is 0 Å². The van der Waals surface area contributed by atoms with Gasteiger partial charge in [-0.2, -0.15) is 0 Å². The van der Waals surface area contributed by atoms with Crippen molar-refractivity contribution in [2.24, 2.45) is 0 Å². The van der Waals surface area contributed by atoms with Crippen LogP contribution in [-0.4, -0.2) is 15.9 Å². The number of benzene rings is 2. The number of aryl methyl sites for hydroxylation is 1. The molecule has 2 heterocycles. The van der Waals surface area contributed by atoms with Crippen LogP contribution < -0.4 is 10.5 Å². The molecule has 30 heavy (non-hydrogen) atoms. The number of aromatic nitrogens is 2. The van der Waals surface area contributed by atoms with Crippen LogP contribution in [0.4, 0.5) is 14.5 Å². The number of anilines is 1. The topological polar surface area (TPSA) is 66.1 Å². The highest BCUT2D eigenvalue weighted by Crippen LogP contribution is 2.29. The Balaban J connectivity index is 1.88. The molecule has 9 heteroatoms. The maximum atomic E-state index is 14.7. The van der Waals surface area contributed by atoms with E-state index in [1.54, 1.807) is 6.92 Å². The second kappa shape index (κ2) is 7.97. The second-order valence-electron chi connectivity index (χ2n) is 6.60. The molecule has 2 aromatic heterocycles. The van der Waals surface area contributed by atoms with Crippen molar-refractivity contribution in [3.05, 3.63) is 91.1 Å². The number of nitrogens with zero attached hydrogens (tertiary/aromatic N) is 2. The van der Waals surface area contributed by atoms with Gasteiger partial charge in [-0.1, -0.05) is 11.6 Å². The predicted molar refractivity (Wildman–Crippen MR) is 113 cm³/mol. The molecule has 0 saturated carbocycles. The van der Waals surface area contributed by atoms with Gasteiger partial charge in [0, 0.05) is 16.5 Å². The van der Waals surface area contributed by atoms with Crippen molar-refractivity contribution < 1.29 is 13.6 Å². The molecule has 0 fully saturated rings. The standard InChI is InChI=1S/C21H14ClF2N3O2S/c1-11-20(30-10-25-11)21(29)27(18-7-13(22)2-5-16(18)24)9-12-6-19(28)26-17-8-14(23)3-4-15(12)17/h2-8,10H,9H2,1H3,(H,26,28). The molecule has 2 aromatic carbocycles. The third-order valence-electron chi connectivity index (χ3n) is 4.60. The first-order chi connectivity index (χ1) is 14.3. The van der Waals surface area contributed by atoms with Crippen molar-refractivity contribution in [3.8, 4) is 0 Å². The number of hydrogen-bond donors (Lipinski definition) is 1. The fourth-order valence-electron chi connectivity index (χ4n) is 3.19. The Bertz CT molecular complexity index is 1340. The zero-order valence-corrected chi connectivity index (χ0v) is 17.2. The van der Waals surface area contributed by atoms with Crippen LogP contribution in [0.5, 0.6) is 0 Å². The van der Waals surface area contributed by atoms with E-state index in [2.05, 4.69) is 9.97 Å². The van der Waals surface area contributed by atoms with E-state index in [0.29, 0.717) is 21.5 Å². The summed E-state index contributed by atoms with van der Waals surface area (Å²) in [4.78, 5) is 33.6. The molecule has 1 N–H and O–H groups in total. The zero-order chi connectivity index (χ0) is 21.4. The number of amides is 1. The maximum Gasteiger partial charge on any atom is 0.270 e. The number of carbonyl (C=O) groups is 1. The molecule has 0 bridgehead atoms. The summed E-state index contributed by atoms with van der Waals surface area (Å²) in [6.07, 6.45) is 0. The number of pyridine rings is 1. The third kappa shape index (κ3) is 3.83. The highest BCUT2D eigenvalue weighted by Gasteiger charge is 2.25. The molecule has 0 saturated heterocycles. The number of thiazole rings is 1. The van der Waals surface area contributed by atoms with Crippen molar-refractivity contribution in [1.29, 1.82) is 0 Å². The molecule has 0 radical (unpaired) electrons. The van der Waals surface area contributed by atoms with Crippen molar-refractivity contribution in [2.75, 3.05) is 4.90 Å². The van der Waals surface area contributed by atoms with Crippen LogP contribution in [0, 0.1) is 18.6 Å². The van der Waals surface area contributed by atoms with E-state index in [0.717, 1.165) is 11.3 Å². The molecule has 0 aliphatic rings. The Morgan fingerprint density at radius 1 is 1.20 bits per heavy atom. The highest BCUT2D eigenvalue weighted by molar-refractivity contribution is 7.12. The van der Waals surface area contributed by atoms with Gasteiger partial charge in [-0.05, 0) is 48.9 Å². The SMILES string of the molecule is Cc1ncsc1C(=O)N(Cc1cc(=O)[nH]c2cc(F)ccc12)c1cc(Cl)ccc1F. The molecular weight excluding hydrogens is 432 g/mol. The number of rotatable bonds is 4. The average Bonchev–Trinajstić information content (AvgIpc) is 3.13. The number of halogens is 3. The summed E-state index contributed by atoms with van der Waals surface area (Å²) in [6.45, 7) is 1.56. The number of fused-ring (bicyclic) bond motifs is 1. The largest absolute Gasteiger partial charge is 0.322 e. The summed E-state index contributed by atoms with van der Waals surface area (Å²) in [7, 11) is 0. The number of H-pyrrole nitrogens is 1. The van der Waals surface area contributed by atoms with Gasteiger partial charge in [-0.15, -0.1) is 11.3 Å². The molecule has 0 spiro atoms. The van der Waals surface area contributed by atoms with Crippen LogP contribution in [0.25, 0.3) is 10.9 Å². The monoisotopic (exact) mass is 445 g/mol. The van der Waals surface area contributed by atoms with Crippen molar-refractivity contribution >= 4 is 45.4 Å². The Hall–Kier alpha value is -3.10. The second-order valence-corrected chi connectivity index (χ2v) is 7.89. The van der Waals surface area contributed by atoms with Gasteiger partial charge < -0.3 is 9.88 Å². The molecule has 1 amide bonds. The number of aromatic amines is 1. The Morgan fingerprint density at radius 2 is 2.00 bits per heavy atom. The number of nitrogens with one attached hydrogen (secondary N) is 1. The Morgan fingerprint density at radius 3 is 2.73 bits per heavy atom. The van der Waals surface area contributed by atoms with E-state index in [1.807, 2.05) is 0 Å². The molecule has 0 unspecified atom stereocenters. The van der Waals surface area contributed by atoms with Gasteiger partial charge >= 0.3 is 0 Å². The minimum atomic E-state index is -0.643. The van der Waals surface area contributed by atoms with E-state index >= 15 is 0 Å². The minimum Gasteiger partial charge on any atom is -0.322 e. The lowest BCUT2D eigenvalue weighted by Gasteiger charge is -2.24. The van der Waals surface area contributed by atoms with Gasteiger partial charge in [0.25, 0.3) is 5.91 Å². The van der Waals surface area contributed by atoms with Crippen LogP contribution in [0.1, 0.15) is 20.9 Å². The van der Waals surface area contributed by atoms with Gasteiger partial charge in [0.05, 0.1) is 29.0 Å². The van der Waals surface area contributed by atoms with Crippen LogP contribution in [-0.2, 0) is 6.54 Å². The summed E-state index contributed by atoms with van der Waals surface area (Å²) in [6, 6.07) is 9.16. The van der Waals surface area contributed by atoms with Gasteiger partial charge in [-0.3, -0.25) is 9.59 Å². The van der Waals surface area contributed by atoms with Crippen LogP contribution in [0.3, 0.4) is 0 Å². The average molecular weight is 446 g/mol. The van der Waals surface area contributed by atoms with E-state index in [4.69, 9.17) is 11.6 Å². The van der Waals surface area contributed by atoms with Crippen LogP contribution in [0.2, 0.25) is 5.02 Å². The first kappa shape index (κ1) is 20.2. The van der Waals surface area contributed by atoms with Gasteiger partial charge in [0.15, 0.2) is 0 Å². The molecule has 0 aliphatic heterocycles. The van der Waals surface area contributed by atoms with Crippen molar-refractivity contribution in [1.82, 2.24) is 9.97 Å². The molecular formula is C21H14ClF2N3O2S. The third-order valence-corrected chi connectivity index (χ3v) is 5.75. The number of hydrogen-bond acceptors (Lipinski definition) is 4. The lowest BCUT2D eigenvalue weighted by molar-refractivity contribution is 0.0987. The Kier molecular flexibility index (Phi) is 5.36. The predicted octanol–water partition coefficient (Wildman–Crippen LogP) is 5.07. The van der Waals surface area contributed by atoms with Gasteiger partial charge in [0.1, 0.15) is 16.5 Å². The van der Waals surface area contributed by atoms with Gasteiger partial charge in [-0.25, -0.2) is 13.8 Å². The summed E-state index contributed by atoms with van der Waals surface area (Å²) < 4.78 is 28.3. The van der Waals surface area contributed by atoms with Crippen LogP contribution in [0.15, 0.2) is 52.8 Å². The highest BCUT2D eigenvalue weighted by atomic mass is 35.5. The molecule has 4 rings (SSSR count). The first-order valence-corrected chi connectivity index (χ1v) is 10.1. The molecule has 152 valence electrons. The lowest BCUT2D eigenvalue weighted by Crippen LogP contribution is -2.31. The summed E-state index contributed by atoms with van der Waals surface area (Å²) in [5.41, 5.74) is 2.26. The fraction of sp³-hybridized carbons (Fsp3) is 0.0952. The van der Waals surface area contributed by atoms with Crippen LogP contribution >= 0.6 is 22.9 Å². The summed E-state index contributed by atoms with van der Waals surface area (Å²) in [5.74, 6) is -1.63. The maximum absolute atomic E-state index is 14.7. The fourth-order valence-corrected chi connectivity index (χ4v) is 4.11. The molecule has 5 nitrogen and oxygen atoms in total. The van der Waals surface area contributed by atoms with Crippen molar-refractivity contribution in [2.45, 2.75) is 13.5 Å². The molecule has 0 aliphatic carbocycles. The van der Waals surface area contributed by atoms with E-state index < -0.39 is 23.1 Å². The molecule has 0 atom stereocenters. The molecule has 4 aromatic rings. The smallest absolute Gasteiger partial charge is 0.270 e. The quantitative estimate of drug-likeness (QED) is 0.477. The van der Waals surface area contributed by atoms with E-state index in [1.165, 1.54) is 52.9 Å². The number of carbonyl (C=O) groups excluding carboxylic acids is 1. The minimum absolute atomic E-state index is 0.0316. The summed E-state index contributed by atoms with van der Waals surface area (Å²) >= 11 is 7.19. The zero-order valence-electron chi connectivity index (χ0n) is 15.6. The summed E-state index contributed by atoms with van der Waals surface area (Å²) in [5, 5.41) is 0.792.